The number of rotatable bonds is 5. The van der Waals surface area contributed by atoms with Crippen molar-refractivity contribution >= 4 is 6.08 Å². The van der Waals surface area contributed by atoms with Gasteiger partial charge in [-0.1, -0.05) is 18.6 Å². The largest absolute Gasteiger partial charge is 0.465 e. The molecule has 4 rings (SSSR count). The summed E-state index contributed by atoms with van der Waals surface area (Å²) in [5.74, 6) is 0.671. The summed E-state index contributed by atoms with van der Waals surface area (Å²) in [5, 5.41) is 12.2. The van der Waals surface area contributed by atoms with E-state index in [9.17, 15) is 9.50 Å². The second kappa shape index (κ2) is 9.46. The molecule has 1 aliphatic carbocycles. The van der Waals surface area contributed by atoms with Gasteiger partial charge < -0.3 is 19.3 Å². The Morgan fingerprint density at radius 3 is 2.60 bits per heavy atom. The van der Waals surface area contributed by atoms with Gasteiger partial charge >= 0.3 is 0 Å². The first-order chi connectivity index (χ1) is 14.5. The average Bonchev–Trinajstić information content (AvgIpc) is 3.20. The molecule has 2 atom stereocenters. The summed E-state index contributed by atoms with van der Waals surface area (Å²) in [7, 11) is 2.16. The summed E-state index contributed by atoms with van der Waals surface area (Å²) < 4.78 is 19.1. The van der Waals surface area contributed by atoms with E-state index in [1.807, 2.05) is 18.2 Å². The van der Waals surface area contributed by atoms with Gasteiger partial charge in [-0.3, -0.25) is 0 Å². The van der Waals surface area contributed by atoms with E-state index >= 15 is 0 Å². The number of hydrogen-bond acceptors (Lipinski definition) is 4. The molecule has 2 aliphatic rings. The van der Waals surface area contributed by atoms with E-state index in [1.165, 1.54) is 12.1 Å². The van der Waals surface area contributed by atoms with E-state index in [2.05, 4.69) is 16.8 Å². The lowest BCUT2D eigenvalue weighted by Gasteiger charge is -2.42. The monoisotopic (exact) mass is 412 g/mol. The Kier molecular flexibility index (Phi) is 6.71. The molecule has 30 heavy (non-hydrogen) atoms. The Balaban J connectivity index is 1.65. The van der Waals surface area contributed by atoms with Gasteiger partial charge in [-0.15, -0.1) is 0 Å². The van der Waals surface area contributed by atoms with Gasteiger partial charge in [-0.2, -0.15) is 0 Å². The molecule has 1 saturated carbocycles. The molecule has 1 saturated heterocycles. The predicted molar refractivity (Wildman–Crippen MR) is 118 cm³/mol. The minimum Gasteiger partial charge on any atom is -0.465 e. The van der Waals surface area contributed by atoms with Gasteiger partial charge in [0.1, 0.15) is 11.6 Å². The van der Waals surface area contributed by atoms with E-state index < -0.39 is 5.60 Å². The first-order valence-corrected chi connectivity index (χ1v) is 11.2. The summed E-state index contributed by atoms with van der Waals surface area (Å²) in [5.41, 5.74) is 1.04. The third-order valence-corrected chi connectivity index (χ3v) is 6.80. The van der Waals surface area contributed by atoms with Crippen LogP contribution in [-0.4, -0.2) is 60.3 Å². The summed E-state index contributed by atoms with van der Waals surface area (Å²) >= 11 is 0. The van der Waals surface area contributed by atoms with Crippen LogP contribution in [0.1, 0.15) is 37.0 Å². The van der Waals surface area contributed by atoms with E-state index in [0.717, 1.165) is 75.3 Å². The molecular formula is C25H33FN2O2. The number of hydrogen-bond donors (Lipinski definition) is 1. The Bertz CT molecular complexity index is 825. The zero-order valence-corrected chi connectivity index (χ0v) is 17.9. The van der Waals surface area contributed by atoms with Crippen molar-refractivity contribution in [3.8, 4) is 0 Å². The highest BCUT2D eigenvalue weighted by Crippen LogP contribution is 2.41. The maximum atomic E-state index is 13.5. The van der Waals surface area contributed by atoms with Gasteiger partial charge in [0.25, 0.3) is 0 Å². The quantitative estimate of drug-likeness (QED) is 0.747. The van der Waals surface area contributed by atoms with E-state index in [0.29, 0.717) is 6.42 Å². The lowest BCUT2D eigenvalue weighted by atomic mass is 9.75. The van der Waals surface area contributed by atoms with Gasteiger partial charge in [0, 0.05) is 45.1 Å². The second-order valence-corrected chi connectivity index (χ2v) is 8.96. The van der Waals surface area contributed by atoms with Crippen LogP contribution in [0, 0.1) is 11.7 Å². The Morgan fingerprint density at radius 1 is 1.13 bits per heavy atom. The van der Waals surface area contributed by atoms with Crippen molar-refractivity contribution in [3.63, 3.8) is 0 Å². The predicted octanol–water partition coefficient (Wildman–Crippen LogP) is 4.21. The number of furan rings is 1. The van der Waals surface area contributed by atoms with Crippen molar-refractivity contribution in [3.05, 3.63) is 65.4 Å². The van der Waals surface area contributed by atoms with E-state index in [4.69, 9.17) is 4.42 Å². The van der Waals surface area contributed by atoms with Crippen LogP contribution in [0.25, 0.3) is 6.08 Å². The van der Waals surface area contributed by atoms with Gasteiger partial charge in [0.15, 0.2) is 0 Å². The Labute approximate surface area is 179 Å². The van der Waals surface area contributed by atoms with E-state index in [1.54, 1.807) is 18.4 Å². The molecule has 2 aromatic rings. The number of likely N-dealkylation sites (N-methyl/N-ethyl adjacent to an activating group) is 1. The van der Waals surface area contributed by atoms with Gasteiger partial charge in [-0.05, 0) is 67.8 Å². The zero-order chi connectivity index (χ0) is 21.0. The molecule has 1 aliphatic heterocycles. The van der Waals surface area contributed by atoms with Gasteiger partial charge in [0.2, 0.25) is 0 Å². The summed E-state index contributed by atoms with van der Waals surface area (Å²) in [6.45, 7) is 5.10. The Morgan fingerprint density at radius 2 is 1.90 bits per heavy atom. The molecule has 4 nitrogen and oxygen atoms in total. The van der Waals surface area contributed by atoms with Crippen molar-refractivity contribution in [1.29, 1.82) is 0 Å². The van der Waals surface area contributed by atoms with Gasteiger partial charge in [0.05, 0.1) is 11.9 Å². The molecule has 1 aromatic heterocycles. The molecule has 162 valence electrons. The van der Waals surface area contributed by atoms with E-state index in [-0.39, 0.29) is 11.7 Å². The molecule has 2 unspecified atom stereocenters. The third-order valence-electron chi connectivity index (χ3n) is 6.80. The zero-order valence-electron chi connectivity index (χ0n) is 17.9. The molecule has 2 fully saturated rings. The van der Waals surface area contributed by atoms with Crippen molar-refractivity contribution in [1.82, 2.24) is 9.80 Å². The topological polar surface area (TPSA) is 39.9 Å². The summed E-state index contributed by atoms with van der Waals surface area (Å²) in [6, 6.07) is 10.4. The normalized spacial score (nSPS) is 28.0. The van der Waals surface area contributed by atoms with Gasteiger partial charge in [-0.25, -0.2) is 4.39 Å². The molecule has 5 heteroatoms. The van der Waals surface area contributed by atoms with Crippen molar-refractivity contribution < 1.29 is 13.9 Å². The molecule has 2 heterocycles. The van der Waals surface area contributed by atoms with Crippen LogP contribution in [-0.2, 0) is 6.42 Å². The standard InChI is InChI=1S/C25H33FN2O2/c1-27-12-14-28(15-13-27)19-22-6-3-2-5-21(17-24-7-4-16-30-24)25(22,29)18-20-8-10-23(26)11-9-20/h4,7-11,16-17,22,29H,2-3,5-6,12-15,18-19H2,1H3. The second-order valence-electron chi connectivity index (χ2n) is 8.96. The molecular weight excluding hydrogens is 379 g/mol. The van der Waals surface area contributed by atoms with Crippen LogP contribution in [0.4, 0.5) is 4.39 Å². The van der Waals surface area contributed by atoms with Crippen LogP contribution in [0.3, 0.4) is 0 Å². The Hall–Kier alpha value is -1.95. The SMILES string of the molecule is CN1CCN(CC2CCCCC(=Cc3ccco3)C2(O)Cc2ccc(F)cc2)CC1. The van der Waals surface area contributed by atoms with Crippen LogP contribution < -0.4 is 0 Å². The number of nitrogens with zero attached hydrogens (tertiary/aromatic N) is 2. The van der Waals surface area contributed by atoms with Crippen LogP contribution >= 0.6 is 0 Å². The van der Waals surface area contributed by atoms with Crippen LogP contribution in [0.15, 0.2) is 52.7 Å². The smallest absolute Gasteiger partial charge is 0.126 e. The molecule has 1 aromatic carbocycles. The average molecular weight is 413 g/mol. The lowest BCUT2D eigenvalue weighted by molar-refractivity contribution is -0.00650. The summed E-state index contributed by atoms with van der Waals surface area (Å²) in [6.07, 6.45) is 8.24. The molecule has 0 radical (unpaired) electrons. The maximum absolute atomic E-state index is 13.5. The molecule has 0 spiro atoms. The van der Waals surface area contributed by atoms with Crippen LogP contribution in [0.5, 0.6) is 0 Å². The highest BCUT2D eigenvalue weighted by molar-refractivity contribution is 5.51. The minimum atomic E-state index is -0.968. The van der Waals surface area contributed by atoms with Crippen molar-refractivity contribution in [2.45, 2.75) is 37.7 Å². The minimum absolute atomic E-state index is 0.134. The molecule has 0 amide bonds. The first kappa shape index (κ1) is 21.3. The fourth-order valence-corrected chi connectivity index (χ4v) is 4.92. The molecule has 0 bridgehead atoms. The van der Waals surface area contributed by atoms with Crippen molar-refractivity contribution in [2.75, 3.05) is 39.8 Å². The fourth-order valence-electron chi connectivity index (χ4n) is 4.92. The maximum Gasteiger partial charge on any atom is 0.126 e. The highest BCUT2D eigenvalue weighted by Gasteiger charge is 2.42. The number of halogens is 1. The third kappa shape index (κ3) is 5.02. The van der Waals surface area contributed by atoms with Crippen LogP contribution in [0.2, 0.25) is 0 Å². The highest BCUT2D eigenvalue weighted by atomic mass is 19.1. The first-order valence-electron chi connectivity index (χ1n) is 11.2. The lowest BCUT2D eigenvalue weighted by Crippen LogP contribution is -2.51. The number of benzene rings is 1. The fraction of sp³-hybridized carbons (Fsp3) is 0.520. The van der Waals surface area contributed by atoms with Crippen molar-refractivity contribution in [2.24, 2.45) is 5.92 Å². The number of aliphatic hydroxyl groups is 1. The summed E-state index contributed by atoms with van der Waals surface area (Å²) in [4.78, 5) is 4.85. The molecule has 1 N–H and O–H groups in total. The number of piperazine rings is 1.